The summed E-state index contributed by atoms with van der Waals surface area (Å²) in [4.78, 5) is 2.54. The van der Waals surface area contributed by atoms with Crippen LogP contribution in [-0.2, 0) is 0 Å². The second-order valence-electron chi connectivity index (χ2n) is 5.89. The van der Waals surface area contributed by atoms with Crippen LogP contribution in [0.15, 0.2) is 28.7 Å². The first kappa shape index (κ1) is 16.9. The van der Waals surface area contributed by atoms with Crippen LogP contribution in [0.2, 0.25) is 0 Å². The molecule has 1 fully saturated rings. The van der Waals surface area contributed by atoms with Gasteiger partial charge in [-0.05, 0) is 56.4 Å². The smallest absolute Gasteiger partial charge is 0.0434 e. The fourth-order valence-corrected chi connectivity index (χ4v) is 3.78. The fraction of sp³-hybridized carbons (Fsp3) is 0.647. The molecule has 2 unspecified atom stereocenters. The normalized spacial score (nSPS) is 20.8. The van der Waals surface area contributed by atoms with E-state index in [2.05, 4.69) is 57.3 Å². The summed E-state index contributed by atoms with van der Waals surface area (Å²) in [5.74, 6) is 0.691. The maximum atomic E-state index is 9.05. The molecule has 1 saturated heterocycles. The number of hydrogen-bond donors (Lipinski definition) is 2. The molecule has 0 saturated carbocycles. The highest BCUT2D eigenvalue weighted by atomic mass is 79.9. The van der Waals surface area contributed by atoms with Gasteiger partial charge in [0.25, 0.3) is 0 Å². The number of aliphatic hydroxyl groups excluding tert-OH is 1. The molecule has 0 aliphatic carbocycles. The van der Waals surface area contributed by atoms with Gasteiger partial charge in [-0.1, -0.05) is 41.1 Å². The van der Waals surface area contributed by atoms with Crippen LogP contribution >= 0.6 is 15.9 Å². The first-order chi connectivity index (χ1) is 10.2. The molecule has 1 aliphatic heterocycles. The number of hydrogen-bond acceptors (Lipinski definition) is 3. The average Bonchev–Trinajstić information content (AvgIpc) is 2.92. The Bertz CT molecular complexity index is 427. The number of nitrogens with zero attached hydrogens (tertiary/aromatic N) is 1. The molecule has 118 valence electrons. The predicted octanol–water partition coefficient (Wildman–Crippen LogP) is 3.19. The Balaban J connectivity index is 1.88. The molecular formula is C17H27BrN2O. The number of likely N-dealkylation sites (tertiary alicyclic amines) is 1. The zero-order valence-electron chi connectivity index (χ0n) is 12.9. The highest BCUT2D eigenvalue weighted by Crippen LogP contribution is 2.27. The lowest BCUT2D eigenvalue weighted by Gasteiger charge is -2.23. The van der Waals surface area contributed by atoms with Crippen molar-refractivity contribution >= 4 is 15.9 Å². The maximum Gasteiger partial charge on any atom is 0.0434 e. The first-order valence-electron chi connectivity index (χ1n) is 8.05. The summed E-state index contributed by atoms with van der Waals surface area (Å²) in [6.45, 7) is 6.93. The second-order valence-corrected chi connectivity index (χ2v) is 6.74. The van der Waals surface area contributed by atoms with Gasteiger partial charge in [-0.2, -0.15) is 0 Å². The summed E-state index contributed by atoms with van der Waals surface area (Å²) in [5, 5.41) is 12.6. The van der Waals surface area contributed by atoms with Gasteiger partial charge in [0.1, 0.15) is 0 Å². The Hall–Kier alpha value is -0.420. The van der Waals surface area contributed by atoms with E-state index in [1.165, 1.54) is 23.0 Å². The third kappa shape index (κ3) is 5.06. The van der Waals surface area contributed by atoms with Crippen LogP contribution in [0.5, 0.6) is 0 Å². The summed E-state index contributed by atoms with van der Waals surface area (Å²) in [7, 11) is 0. The van der Waals surface area contributed by atoms with Gasteiger partial charge in [0.15, 0.2) is 0 Å². The molecule has 1 aromatic rings. The molecule has 2 atom stereocenters. The third-order valence-corrected chi connectivity index (χ3v) is 5.09. The highest BCUT2D eigenvalue weighted by Gasteiger charge is 2.23. The Kier molecular flexibility index (Phi) is 7.17. The minimum atomic E-state index is 0.329. The van der Waals surface area contributed by atoms with Gasteiger partial charge >= 0.3 is 0 Å². The first-order valence-corrected chi connectivity index (χ1v) is 8.85. The number of aliphatic hydroxyl groups is 1. The summed E-state index contributed by atoms with van der Waals surface area (Å²) in [5.41, 5.74) is 1.35. The van der Waals surface area contributed by atoms with E-state index in [0.717, 1.165) is 32.5 Å². The number of rotatable bonds is 8. The van der Waals surface area contributed by atoms with Crippen molar-refractivity contribution in [2.75, 3.05) is 32.8 Å². The standard InChI is InChI=1S/C17H27BrN2O/c1-2-19-17(15-5-3-4-6-16(15)18)8-11-20-10-7-14(13-20)9-12-21/h3-6,14,17,19,21H,2,7-13H2,1H3. The van der Waals surface area contributed by atoms with E-state index < -0.39 is 0 Å². The molecule has 0 spiro atoms. The van der Waals surface area contributed by atoms with Crippen LogP contribution < -0.4 is 5.32 Å². The maximum absolute atomic E-state index is 9.05. The number of halogens is 1. The molecule has 3 nitrogen and oxygen atoms in total. The minimum Gasteiger partial charge on any atom is -0.396 e. The molecule has 0 amide bonds. The summed E-state index contributed by atoms with van der Waals surface area (Å²) < 4.78 is 1.19. The zero-order valence-corrected chi connectivity index (χ0v) is 14.5. The van der Waals surface area contributed by atoms with Crippen molar-refractivity contribution < 1.29 is 5.11 Å². The number of benzene rings is 1. The van der Waals surface area contributed by atoms with Crippen molar-refractivity contribution in [1.29, 1.82) is 0 Å². The molecule has 0 bridgehead atoms. The molecule has 1 heterocycles. The van der Waals surface area contributed by atoms with Gasteiger partial charge in [-0.25, -0.2) is 0 Å². The van der Waals surface area contributed by atoms with Crippen molar-refractivity contribution in [3.63, 3.8) is 0 Å². The van der Waals surface area contributed by atoms with Crippen LogP contribution in [0.4, 0.5) is 0 Å². The van der Waals surface area contributed by atoms with E-state index in [9.17, 15) is 0 Å². The van der Waals surface area contributed by atoms with Crippen molar-refractivity contribution in [1.82, 2.24) is 10.2 Å². The van der Waals surface area contributed by atoms with Crippen LogP contribution in [0, 0.1) is 5.92 Å². The molecule has 4 heteroatoms. The van der Waals surface area contributed by atoms with Gasteiger partial charge in [0, 0.05) is 23.7 Å². The zero-order chi connectivity index (χ0) is 15.1. The molecular weight excluding hydrogens is 328 g/mol. The van der Waals surface area contributed by atoms with Crippen molar-refractivity contribution in [2.24, 2.45) is 5.92 Å². The van der Waals surface area contributed by atoms with E-state index in [4.69, 9.17) is 5.11 Å². The summed E-state index contributed by atoms with van der Waals surface area (Å²) >= 11 is 3.67. The van der Waals surface area contributed by atoms with Gasteiger partial charge in [0.05, 0.1) is 0 Å². The quantitative estimate of drug-likeness (QED) is 0.752. The lowest BCUT2D eigenvalue weighted by molar-refractivity contribution is 0.248. The molecule has 1 aliphatic rings. The Morgan fingerprint density at radius 1 is 1.43 bits per heavy atom. The van der Waals surface area contributed by atoms with Crippen LogP contribution in [0.3, 0.4) is 0 Å². The molecule has 1 aromatic carbocycles. The minimum absolute atomic E-state index is 0.329. The highest BCUT2D eigenvalue weighted by molar-refractivity contribution is 9.10. The molecule has 21 heavy (non-hydrogen) atoms. The van der Waals surface area contributed by atoms with Gasteiger partial charge in [-0.15, -0.1) is 0 Å². The largest absolute Gasteiger partial charge is 0.396 e. The van der Waals surface area contributed by atoms with Gasteiger partial charge < -0.3 is 15.3 Å². The number of nitrogens with one attached hydrogen (secondary N) is 1. The van der Waals surface area contributed by atoms with E-state index in [1.54, 1.807) is 0 Å². The summed E-state index contributed by atoms with van der Waals surface area (Å²) in [6, 6.07) is 8.90. The van der Waals surface area contributed by atoms with Crippen molar-refractivity contribution in [3.8, 4) is 0 Å². The molecule has 2 rings (SSSR count). The predicted molar refractivity (Wildman–Crippen MR) is 91.4 cm³/mol. The van der Waals surface area contributed by atoms with E-state index >= 15 is 0 Å². The molecule has 0 radical (unpaired) electrons. The average molecular weight is 355 g/mol. The lowest BCUT2D eigenvalue weighted by Crippen LogP contribution is -2.28. The van der Waals surface area contributed by atoms with E-state index in [1.807, 2.05) is 0 Å². The van der Waals surface area contributed by atoms with E-state index in [0.29, 0.717) is 18.6 Å². The Morgan fingerprint density at radius 2 is 2.24 bits per heavy atom. The Labute approximate surface area is 136 Å². The van der Waals surface area contributed by atoms with E-state index in [-0.39, 0.29) is 0 Å². The third-order valence-electron chi connectivity index (χ3n) is 4.37. The van der Waals surface area contributed by atoms with Crippen LogP contribution in [0.25, 0.3) is 0 Å². The second kappa shape index (κ2) is 8.89. The lowest BCUT2D eigenvalue weighted by atomic mass is 10.0. The van der Waals surface area contributed by atoms with Crippen LogP contribution in [-0.4, -0.2) is 42.8 Å². The van der Waals surface area contributed by atoms with Crippen LogP contribution in [0.1, 0.15) is 37.8 Å². The van der Waals surface area contributed by atoms with Gasteiger partial charge in [0.2, 0.25) is 0 Å². The van der Waals surface area contributed by atoms with Crippen molar-refractivity contribution in [3.05, 3.63) is 34.3 Å². The van der Waals surface area contributed by atoms with Gasteiger partial charge in [-0.3, -0.25) is 0 Å². The monoisotopic (exact) mass is 354 g/mol. The Morgan fingerprint density at radius 3 is 2.95 bits per heavy atom. The summed E-state index contributed by atoms with van der Waals surface area (Å²) in [6.07, 6.45) is 3.32. The SMILES string of the molecule is CCNC(CCN1CCC(CCO)C1)c1ccccc1Br. The molecule has 0 aromatic heterocycles. The molecule has 2 N–H and O–H groups in total. The fourth-order valence-electron chi connectivity index (χ4n) is 3.22. The topological polar surface area (TPSA) is 35.5 Å². The van der Waals surface area contributed by atoms with Crippen molar-refractivity contribution in [2.45, 2.75) is 32.2 Å².